The third-order valence-corrected chi connectivity index (χ3v) is 4.64. The number of nitrogens with zero attached hydrogens (tertiary/aromatic N) is 2. The van der Waals surface area contributed by atoms with Crippen LogP contribution in [0.5, 0.6) is 5.75 Å². The van der Waals surface area contributed by atoms with Crippen LogP contribution in [0.1, 0.15) is 6.92 Å². The fraction of sp³-hybridized carbons (Fsp3) is 0.333. The molecule has 0 radical (unpaired) electrons. The smallest absolute Gasteiger partial charge is 0.258 e. The third-order valence-electron chi connectivity index (χ3n) is 4.64. The Balaban J connectivity index is 1.43. The molecule has 0 bridgehead atoms. The molecule has 2 aromatic rings. The van der Waals surface area contributed by atoms with Crippen molar-refractivity contribution in [1.29, 1.82) is 0 Å². The second kappa shape index (κ2) is 9.21. The van der Waals surface area contributed by atoms with Gasteiger partial charge in [0.05, 0.1) is 0 Å². The van der Waals surface area contributed by atoms with Gasteiger partial charge in [-0.05, 0) is 43.3 Å². The van der Waals surface area contributed by atoms with Crippen LogP contribution in [-0.4, -0.2) is 55.5 Å². The highest BCUT2D eigenvalue weighted by atomic mass is 19.1. The van der Waals surface area contributed by atoms with E-state index in [1.54, 1.807) is 36.1 Å². The molecule has 0 aromatic heterocycles. The van der Waals surface area contributed by atoms with Crippen molar-refractivity contribution >= 4 is 17.5 Å². The Morgan fingerprint density at radius 2 is 1.68 bits per heavy atom. The first kappa shape index (κ1) is 19.7. The Morgan fingerprint density at radius 1 is 1.04 bits per heavy atom. The number of ether oxygens (including phenoxy) is 1. The molecule has 1 saturated heterocycles. The molecule has 2 aromatic carbocycles. The maximum absolute atomic E-state index is 13.1. The lowest BCUT2D eigenvalue weighted by Gasteiger charge is -2.37. The molecule has 148 valence electrons. The molecule has 2 amide bonds. The molecule has 0 saturated carbocycles. The Labute approximate surface area is 163 Å². The van der Waals surface area contributed by atoms with E-state index in [-0.39, 0.29) is 24.2 Å². The number of hydrogen-bond acceptors (Lipinski definition) is 4. The minimum atomic E-state index is -0.621. The molecule has 1 N–H and O–H groups in total. The van der Waals surface area contributed by atoms with Crippen LogP contribution in [0.3, 0.4) is 0 Å². The normalized spacial score (nSPS) is 15.1. The topological polar surface area (TPSA) is 61.9 Å². The van der Waals surface area contributed by atoms with E-state index in [2.05, 4.69) is 10.2 Å². The summed E-state index contributed by atoms with van der Waals surface area (Å²) in [7, 11) is 0. The number of halogens is 1. The molecule has 3 rings (SSSR count). The quantitative estimate of drug-likeness (QED) is 0.827. The molecular weight excluding hydrogens is 361 g/mol. The summed E-state index contributed by atoms with van der Waals surface area (Å²) in [5.41, 5.74) is 0.938. The molecule has 1 heterocycles. The van der Waals surface area contributed by atoms with Crippen LogP contribution in [-0.2, 0) is 9.59 Å². The lowest BCUT2D eigenvalue weighted by Crippen LogP contribution is -2.54. The summed E-state index contributed by atoms with van der Waals surface area (Å²) in [6.07, 6.45) is 0. The van der Waals surface area contributed by atoms with Gasteiger partial charge in [-0.2, -0.15) is 0 Å². The summed E-state index contributed by atoms with van der Waals surface area (Å²) >= 11 is 0. The maximum Gasteiger partial charge on any atom is 0.258 e. The molecular formula is C21H24FN3O3. The van der Waals surface area contributed by atoms with Gasteiger partial charge < -0.3 is 19.9 Å². The van der Waals surface area contributed by atoms with Crippen LogP contribution in [0, 0.1) is 5.82 Å². The highest BCUT2D eigenvalue weighted by Crippen LogP contribution is 2.17. The standard InChI is InChI=1S/C21H24FN3O3/c1-16(23-20(26)15-28-19-5-3-2-4-6-19)21(27)25-13-11-24(12-14-25)18-9-7-17(22)8-10-18/h2-10,16H,11-15H2,1H3,(H,23,26)/t16-/m1/s1. The molecule has 0 unspecified atom stereocenters. The summed E-state index contributed by atoms with van der Waals surface area (Å²) in [5, 5.41) is 2.69. The SMILES string of the molecule is C[C@@H](NC(=O)COc1ccccc1)C(=O)N1CCN(c2ccc(F)cc2)CC1. The summed E-state index contributed by atoms with van der Waals surface area (Å²) in [6.45, 7) is 3.97. The van der Waals surface area contributed by atoms with E-state index in [1.165, 1.54) is 12.1 Å². The largest absolute Gasteiger partial charge is 0.484 e. The lowest BCUT2D eigenvalue weighted by atomic mass is 10.2. The van der Waals surface area contributed by atoms with E-state index in [9.17, 15) is 14.0 Å². The number of nitrogens with one attached hydrogen (secondary N) is 1. The van der Waals surface area contributed by atoms with Gasteiger partial charge in [0.1, 0.15) is 17.6 Å². The first-order chi connectivity index (χ1) is 13.5. The Hall–Kier alpha value is -3.09. The predicted molar refractivity (Wildman–Crippen MR) is 105 cm³/mol. The molecule has 0 spiro atoms. The molecule has 1 aliphatic rings. The van der Waals surface area contributed by atoms with E-state index in [4.69, 9.17) is 4.74 Å². The summed E-state index contributed by atoms with van der Waals surface area (Å²) in [6, 6.07) is 14.8. The molecule has 0 aliphatic carbocycles. The number of benzene rings is 2. The average Bonchev–Trinajstić information content (AvgIpc) is 2.73. The fourth-order valence-electron chi connectivity index (χ4n) is 3.12. The fourth-order valence-corrected chi connectivity index (χ4v) is 3.12. The molecule has 1 aliphatic heterocycles. The number of hydrogen-bond donors (Lipinski definition) is 1. The highest BCUT2D eigenvalue weighted by molar-refractivity contribution is 5.88. The van der Waals surface area contributed by atoms with Gasteiger partial charge in [-0.3, -0.25) is 9.59 Å². The average molecular weight is 385 g/mol. The molecule has 7 heteroatoms. The van der Waals surface area contributed by atoms with Crippen molar-refractivity contribution in [2.24, 2.45) is 0 Å². The van der Waals surface area contributed by atoms with Crippen molar-refractivity contribution in [2.45, 2.75) is 13.0 Å². The number of piperazine rings is 1. The van der Waals surface area contributed by atoms with E-state index in [0.29, 0.717) is 31.9 Å². The van der Waals surface area contributed by atoms with Crippen LogP contribution < -0.4 is 15.0 Å². The first-order valence-corrected chi connectivity index (χ1v) is 9.29. The van der Waals surface area contributed by atoms with Gasteiger partial charge in [0.25, 0.3) is 5.91 Å². The maximum atomic E-state index is 13.1. The zero-order valence-electron chi connectivity index (χ0n) is 15.8. The number of carbonyl (C=O) groups is 2. The summed E-state index contributed by atoms with van der Waals surface area (Å²) in [4.78, 5) is 28.5. The third kappa shape index (κ3) is 5.22. The van der Waals surface area contributed by atoms with Crippen molar-refractivity contribution in [1.82, 2.24) is 10.2 Å². The zero-order chi connectivity index (χ0) is 19.9. The van der Waals surface area contributed by atoms with Crippen LogP contribution in [0.4, 0.5) is 10.1 Å². The Bertz CT molecular complexity index is 790. The van der Waals surface area contributed by atoms with Gasteiger partial charge in [0, 0.05) is 31.9 Å². The van der Waals surface area contributed by atoms with Crippen molar-refractivity contribution in [3.8, 4) is 5.75 Å². The minimum absolute atomic E-state index is 0.119. The van der Waals surface area contributed by atoms with Gasteiger partial charge in [-0.15, -0.1) is 0 Å². The van der Waals surface area contributed by atoms with Gasteiger partial charge >= 0.3 is 0 Å². The van der Waals surface area contributed by atoms with Crippen LogP contribution in [0.15, 0.2) is 54.6 Å². The van der Waals surface area contributed by atoms with Crippen LogP contribution in [0.25, 0.3) is 0 Å². The molecule has 1 fully saturated rings. The van der Waals surface area contributed by atoms with E-state index < -0.39 is 6.04 Å². The van der Waals surface area contributed by atoms with Crippen molar-refractivity contribution in [3.63, 3.8) is 0 Å². The number of para-hydroxylation sites is 1. The van der Waals surface area contributed by atoms with Gasteiger partial charge in [-0.1, -0.05) is 18.2 Å². The van der Waals surface area contributed by atoms with Crippen molar-refractivity contribution < 1.29 is 18.7 Å². The van der Waals surface area contributed by atoms with E-state index in [0.717, 1.165) is 5.69 Å². The molecule has 1 atom stereocenters. The number of rotatable bonds is 6. The van der Waals surface area contributed by atoms with Crippen LogP contribution in [0.2, 0.25) is 0 Å². The summed E-state index contributed by atoms with van der Waals surface area (Å²) < 4.78 is 18.4. The second-order valence-electron chi connectivity index (χ2n) is 6.68. The monoisotopic (exact) mass is 385 g/mol. The van der Waals surface area contributed by atoms with Gasteiger partial charge in [0.2, 0.25) is 5.91 Å². The van der Waals surface area contributed by atoms with Crippen LogP contribution >= 0.6 is 0 Å². The van der Waals surface area contributed by atoms with Crippen molar-refractivity contribution in [2.75, 3.05) is 37.7 Å². The van der Waals surface area contributed by atoms with Gasteiger partial charge in [-0.25, -0.2) is 4.39 Å². The zero-order valence-corrected chi connectivity index (χ0v) is 15.8. The first-order valence-electron chi connectivity index (χ1n) is 9.29. The van der Waals surface area contributed by atoms with E-state index >= 15 is 0 Å². The highest BCUT2D eigenvalue weighted by Gasteiger charge is 2.26. The Kier molecular flexibility index (Phi) is 6.47. The predicted octanol–water partition coefficient (Wildman–Crippen LogP) is 2.06. The van der Waals surface area contributed by atoms with Crippen molar-refractivity contribution in [3.05, 3.63) is 60.4 Å². The van der Waals surface area contributed by atoms with Gasteiger partial charge in [0.15, 0.2) is 6.61 Å². The van der Waals surface area contributed by atoms with E-state index in [1.807, 2.05) is 18.2 Å². The molecule has 6 nitrogen and oxygen atoms in total. The number of amides is 2. The summed E-state index contributed by atoms with van der Waals surface area (Å²) in [5.74, 6) is -0.117. The minimum Gasteiger partial charge on any atom is -0.484 e. The number of anilines is 1. The molecule has 28 heavy (non-hydrogen) atoms. The number of carbonyl (C=O) groups excluding carboxylic acids is 2. The second-order valence-corrected chi connectivity index (χ2v) is 6.68. The Morgan fingerprint density at radius 3 is 2.32 bits per heavy atom. The lowest BCUT2D eigenvalue weighted by molar-refractivity contribution is -0.136.